The van der Waals surface area contributed by atoms with Crippen LogP contribution in [0.15, 0.2) is 40.7 Å². The van der Waals surface area contributed by atoms with Crippen LogP contribution in [0, 0.1) is 0 Å². The van der Waals surface area contributed by atoms with Crippen molar-refractivity contribution in [1.82, 2.24) is 10.6 Å². The average Bonchev–Trinajstić information content (AvgIpc) is 3.09. The molecule has 0 aliphatic heterocycles. The summed E-state index contributed by atoms with van der Waals surface area (Å²) in [5, 5.41) is 8.65. The highest BCUT2D eigenvalue weighted by molar-refractivity contribution is 7.10. The zero-order chi connectivity index (χ0) is 17.2. The molecular formula is C18H25N3O2S. The monoisotopic (exact) mass is 347 g/mol. The zero-order valence-electron chi connectivity index (χ0n) is 14.5. The molecular weight excluding hydrogens is 322 g/mol. The van der Waals surface area contributed by atoms with E-state index in [-0.39, 0.29) is 0 Å². The minimum atomic E-state index is 0.656. The van der Waals surface area contributed by atoms with Crippen LogP contribution in [0.5, 0.6) is 5.75 Å². The summed E-state index contributed by atoms with van der Waals surface area (Å²) in [6, 6.07) is 10.3. The summed E-state index contributed by atoms with van der Waals surface area (Å²) in [7, 11) is 3.37. The molecule has 24 heavy (non-hydrogen) atoms. The van der Waals surface area contributed by atoms with Crippen molar-refractivity contribution in [2.75, 3.05) is 33.9 Å². The van der Waals surface area contributed by atoms with Gasteiger partial charge in [0.25, 0.3) is 0 Å². The van der Waals surface area contributed by atoms with E-state index in [4.69, 9.17) is 9.47 Å². The summed E-state index contributed by atoms with van der Waals surface area (Å²) in [5.74, 6) is 1.69. The van der Waals surface area contributed by atoms with E-state index in [1.54, 1.807) is 25.6 Å². The summed E-state index contributed by atoms with van der Waals surface area (Å²) < 4.78 is 10.3. The minimum Gasteiger partial charge on any atom is -0.497 e. The number of benzene rings is 1. The van der Waals surface area contributed by atoms with E-state index in [2.05, 4.69) is 46.1 Å². The highest BCUT2D eigenvalue weighted by Crippen LogP contribution is 2.27. The number of hydrogen-bond donors (Lipinski definition) is 2. The Morgan fingerprint density at radius 3 is 2.58 bits per heavy atom. The van der Waals surface area contributed by atoms with E-state index in [0.29, 0.717) is 13.2 Å². The van der Waals surface area contributed by atoms with Gasteiger partial charge in [0.2, 0.25) is 0 Å². The van der Waals surface area contributed by atoms with Gasteiger partial charge in [0.1, 0.15) is 5.75 Å². The van der Waals surface area contributed by atoms with Crippen molar-refractivity contribution >= 4 is 17.3 Å². The van der Waals surface area contributed by atoms with E-state index in [1.165, 1.54) is 16.0 Å². The number of nitrogens with one attached hydrogen (secondary N) is 2. The summed E-state index contributed by atoms with van der Waals surface area (Å²) in [4.78, 5) is 5.85. The number of rotatable bonds is 8. The van der Waals surface area contributed by atoms with Crippen LogP contribution >= 0.6 is 11.3 Å². The third kappa shape index (κ3) is 5.54. The highest BCUT2D eigenvalue weighted by Gasteiger charge is 2.04. The molecule has 6 heteroatoms. The average molecular weight is 347 g/mol. The zero-order valence-corrected chi connectivity index (χ0v) is 15.3. The van der Waals surface area contributed by atoms with Crippen LogP contribution < -0.4 is 15.4 Å². The second-order valence-corrected chi connectivity index (χ2v) is 6.14. The Labute approximate surface area is 147 Å². The third-order valence-corrected chi connectivity index (χ3v) is 4.33. The van der Waals surface area contributed by atoms with Crippen molar-refractivity contribution in [3.05, 3.63) is 40.6 Å². The molecule has 1 aromatic heterocycles. The minimum absolute atomic E-state index is 0.656. The molecule has 0 saturated heterocycles. The Morgan fingerprint density at radius 1 is 1.12 bits per heavy atom. The maximum atomic E-state index is 5.20. The van der Waals surface area contributed by atoms with E-state index < -0.39 is 0 Å². The summed E-state index contributed by atoms with van der Waals surface area (Å²) in [5.41, 5.74) is 2.40. The van der Waals surface area contributed by atoms with Crippen LogP contribution in [0.2, 0.25) is 0 Å². The molecule has 1 aromatic carbocycles. The molecule has 0 unspecified atom stereocenters. The molecule has 0 atom stereocenters. The molecule has 130 valence electrons. The van der Waals surface area contributed by atoms with Gasteiger partial charge in [0.05, 0.1) is 20.3 Å². The number of guanidine groups is 1. The molecule has 0 spiro atoms. The largest absolute Gasteiger partial charge is 0.497 e. The topological polar surface area (TPSA) is 54.9 Å². The lowest BCUT2D eigenvalue weighted by Crippen LogP contribution is -2.38. The first-order valence-electron chi connectivity index (χ1n) is 7.99. The van der Waals surface area contributed by atoms with Gasteiger partial charge in [-0.2, -0.15) is 0 Å². The summed E-state index contributed by atoms with van der Waals surface area (Å²) >= 11 is 1.72. The first-order chi connectivity index (χ1) is 11.8. The van der Waals surface area contributed by atoms with Gasteiger partial charge in [-0.1, -0.05) is 12.1 Å². The third-order valence-electron chi connectivity index (χ3n) is 3.41. The predicted molar refractivity (Wildman–Crippen MR) is 101 cm³/mol. The van der Waals surface area contributed by atoms with Crippen molar-refractivity contribution in [2.24, 2.45) is 4.99 Å². The Bertz CT molecular complexity index is 638. The molecule has 5 nitrogen and oxygen atoms in total. The van der Waals surface area contributed by atoms with Gasteiger partial charge in [0, 0.05) is 25.1 Å². The van der Waals surface area contributed by atoms with Crippen LogP contribution in [-0.2, 0) is 11.3 Å². The molecule has 0 aliphatic rings. The molecule has 0 bridgehead atoms. The van der Waals surface area contributed by atoms with E-state index >= 15 is 0 Å². The maximum Gasteiger partial charge on any atom is 0.191 e. The lowest BCUT2D eigenvalue weighted by Gasteiger charge is -2.10. The van der Waals surface area contributed by atoms with Gasteiger partial charge in [-0.3, -0.25) is 0 Å². The molecule has 0 fully saturated rings. The molecule has 0 amide bonds. The second kappa shape index (κ2) is 9.95. The summed E-state index contributed by atoms with van der Waals surface area (Å²) in [6.45, 7) is 4.94. The van der Waals surface area contributed by atoms with Crippen LogP contribution in [0.1, 0.15) is 11.8 Å². The van der Waals surface area contributed by atoms with E-state index in [9.17, 15) is 0 Å². The first-order valence-corrected chi connectivity index (χ1v) is 8.87. The van der Waals surface area contributed by atoms with Crippen molar-refractivity contribution in [3.63, 3.8) is 0 Å². The lowest BCUT2D eigenvalue weighted by atomic mass is 10.1. The molecule has 2 aromatic rings. The normalized spacial score (nSPS) is 11.4. The number of thiophene rings is 1. The Morgan fingerprint density at radius 2 is 1.92 bits per heavy atom. The standard InChI is InChI=1S/C18H25N3O2S/c1-4-19-18(20-9-10-22-2)21-12-17-11-15(13-24-17)14-5-7-16(23-3)8-6-14/h5-8,11,13H,4,9-10,12H2,1-3H3,(H2,19,20,21). The Balaban J connectivity index is 1.99. The number of ether oxygens (including phenoxy) is 2. The lowest BCUT2D eigenvalue weighted by molar-refractivity contribution is 0.203. The number of methoxy groups -OCH3 is 2. The maximum absolute atomic E-state index is 5.20. The molecule has 0 aliphatic carbocycles. The van der Waals surface area contributed by atoms with Crippen molar-refractivity contribution < 1.29 is 9.47 Å². The SMILES string of the molecule is CCNC(=NCc1cc(-c2ccc(OC)cc2)cs1)NCCOC. The van der Waals surface area contributed by atoms with Gasteiger partial charge in [-0.15, -0.1) is 11.3 Å². The fourth-order valence-corrected chi connectivity index (χ4v) is 2.99. The molecule has 0 saturated carbocycles. The van der Waals surface area contributed by atoms with Crippen molar-refractivity contribution in [3.8, 4) is 16.9 Å². The molecule has 2 N–H and O–H groups in total. The van der Waals surface area contributed by atoms with Crippen LogP contribution in [0.4, 0.5) is 0 Å². The smallest absolute Gasteiger partial charge is 0.191 e. The fourth-order valence-electron chi connectivity index (χ4n) is 2.17. The van der Waals surface area contributed by atoms with Crippen molar-refractivity contribution in [1.29, 1.82) is 0 Å². The molecule has 1 heterocycles. The van der Waals surface area contributed by atoms with Crippen LogP contribution in [0.25, 0.3) is 11.1 Å². The highest BCUT2D eigenvalue weighted by atomic mass is 32.1. The predicted octanol–water partition coefficient (Wildman–Crippen LogP) is 3.13. The van der Waals surface area contributed by atoms with Gasteiger partial charge >= 0.3 is 0 Å². The van der Waals surface area contributed by atoms with Gasteiger partial charge in [-0.05, 0) is 41.6 Å². The van der Waals surface area contributed by atoms with E-state index in [1.807, 2.05) is 12.1 Å². The first kappa shape index (κ1) is 18.3. The number of hydrogen-bond acceptors (Lipinski definition) is 4. The summed E-state index contributed by atoms with van der Waals surface area (Å²) in [6.07, 6.45) is 0. The Hall–Kier alpha value is -2.05. The molecule has 0 radical (unpaired) electrons. The van der Waals surface area contributed by atoms with Gasteiger partial charge in [0.15, 0.2) is 5.96 Å². The number of aliphatic imine (C=N–C) groups is 1. The van der Waals surface area contributed by atoms with Crippen LogP contribution in [0.3, 0.4) is 0 Å². The second-order valence-electron chi connectivity index (χ2n) is 5.14. The van der Waals surface area contributed by atoms with E-state index in [0.717, 1.165) is 24.8 Å². The van der Waals surface area contributed by atoms with Crippen LogP contribution in [-0.4, -0.2) is 39.9 Å². The quantitative estimate of drug-likeness (QED) is 0.438. The fraction of sp³-hybridized carbons (Fsp3) is 0.389. The van der Waals surface area contributed by atoms with Gasteiger partial charge in [-0.25, -0.2) is 4.99 Å². The molecule has 2 rings (SSSR count). The van der Waals surface area contributed by atoms with Gasteiger partial charge < -0.3 is 20.1 Å². The van der Waals surface area contributed by atoms with Crippen molar-refractivity contribution in [2.45, 2.75) is 13.5 Å². The Kier molecular flexibility index (Phi) is 7.58. The number of nitrogens with zero attached hydrogens (tertiary/aromatic N) is 1.